The molecule has 6 heteroatoms. The fourth-order valence-corrected chi connectivity index (χ4v) is 3.29. The number of aliphatic hydroxyl groups is 1. The molecule has 1 aliphatic rings. The van der Waals surface area contributed by atoms with Gasteiger partial charge in [-0.1, -0.05) is 11.6 Å². The van der Waals surface area contributed by atoms with Crippen LogP contribution in [0.2, 0.25) is 0 Å². The lowest BCUT2D eigenvalue weighted by molar-refractivity contribution is -0.0487. The number of benzene rings is 1. The number of β-amino-alcohol motifs (C(OH)–C–C–N with tert-alkyl or cyclic N) is 1. The standard InChI is InChI=1S/C19H27N3O3/c1-14-4-5-19(24-3)17(8-14)18(23)13-21-6-7-25-16(11-21)12-22-10-15(2)9-20-22/h4-5,8-10,16,18,23H,6-7,11-13H2,1-3H3/t16-,18+/m0/s1. The first kappa shape index (κ1) is 17.9. The van der Waals surface area contributed by atoms with E-state index in [2.05, 4.69) is 10.00 Å². The summed E-state index contributed by atoms with van der Waals surface area (Å²) in [4.78, 5) is 2.25. The van der Waals surface area contributed by atoms with Gasteiger partial charge in [0, 0.05) is 31.4 Å². The van der Waals surface area contributed by atoms with E-state index in [4.69, 9.17) is 9.47 Å². The fraction of sp³-hybridized carbons (Fsp3) is 0.526. The van der Waals surface area contributed by atoms with Crippen LogP contribution in [-0.2, 0) is 11.3 Å². The highest BCUT2D eigenvalue weighted by molar-refractivity contribution is 5.38. The molecule has 1 aromatic heterocycles. The molecule has 1 N–H and O–H groups in total. The average Bonchev–Trinajstić information content (AvgIpc) is 3.00. The summed E-state index contributed by atoms with van der Waals surface area (Å²) in [7, 11) is 1.64. The summed E-state index contributed by atoms with van der Waals surface area (Å²) in [5.41, 5.74) is 3.10. The van der Waals surface area contributed by atoms with Crippen molar-refractivity contribution in [2.75, 3.05) is 33.4 Å². The molecule has 1 saturated heterocycles. The second-order valence-corrected chi connectivity index (χ2v) is 6.75. The molecule has 2 aromatic rings. The van der Waals surface area contributed by atoms with Crippen molar-refractivity contribution in [2.24, 2.45) is 0 Å². The van der Waals surface area contributed by atoms with E-state index >= 15 is 0 Å². The SMILES string of the molecule is COc1ccc(C)cc1[C@H](O)CN1CCO[C@H](Cn2cc(C)cn2)C1. The molecule has 0 radical (unpaired) electrons. The largest absolute Gasteiger partial charge is 0.496 e. The molecule has 25 heavy (non-hydrogen) atoms. The maximum atomic E-state index is 10.7. The Morgan fingerprint density at radius 3 is 2.92 bits per heavy atom. The summed E-state index contributed by atoms with van der Waals surface area (Å²) >= 11 is 0. The van der Waals surface area contributed by atoms with Crippen molar-refractivity contribution in [1.82, 2.24) is 14.7 Å². The van der Waals surface area contributed by atoms with Crippen LogP contribution < -0.4 is 4.74 Å². The molecule has 1 aromatic carbocycles. The van der Waals surface area contributed by atoms with E-state index in [1.54, 1.807) is 7.11 Å². The number of rotatable bonds is 6. The summed E-state index contributed by atoms with van der Waals surface area (Å²) < 4.78 is 13.2. The van der Waals surface area contributed by atoms with Crippen LogP contribution in [0.3, 0.4) is 0 Å². The Hall–Kier alpha value is -1.89. The molecule has 0 spiro atoms. The Bertz CT molecular complexity index is 701. The number of nitrogens with zero attached hydrogens (tertiary/aromatic N) is 3. The van der Waals surface area contributed by atoms with Crippen LogP contribution in [0, 0.1) is 13.8 Å². The lowest BCUT2D eigenvalue weighted by Gasteiger charge is -2.34. The quantitative estimate of drug-likeness (QED) is 0.867. The van der Waals surface area contributed by atoms with Gasteiger partial charge < -0.3 is 14.6 Å². The highest BCUT2D eigenvalue weighted by Gasteiger charge is 2.24. The highest BCUT2D eigenvalue weighted by atomic mass is 16.5. The van der Waals surface area contributed by atoms with Crippen molar-refractivity contribution < 1.29 is 14.6 Å². The zero-order valence-electron chi connectivity index (χ0n) is 15.2. The van der Waals surface area contributed by atoms with Gasteiger partial charge >= 0.3 is 0 Å². The summed E-state index contributed by atoms with van der Waals surface area (Å²) in [6.45, 7) is 7.62. The molecule has 2 heterocycles. The van der Waals surface area contributed by atoms with E-state index in [0.29, 0.717) is 13.2 Å². The van der Waals surface area contributed by atoms with Gasteiger partial charge in [-0.25, -0.2) is 0 Å². The maximum Gasteiger partial charge on any atom is 0.124 e. The van der Waals surface area contributed by atoms with E-state index in [1.807, 2.05) is 49.1 Å². The Labute approximate surface area is 149 Å². The number of hydrogen-bond donors (Lipinski definition) is 1. The molecule has 136 valence electrons. The molecule has 0 bridgehead atoms. The number of ether oxygens (including phenoxy) is 2. The Balaban J connectivity index is 1.61. The van der Waals surface area contributed by atoms with Crippen LogP contribution in [0.4, 0.5) is 0 Å². The molecular formula is C19H27N3O3. The van der Waals surface area contributed by atoms with Crippen molar-refractivity contribution in [1.29, 1.82) is 0 Å². The van der Waals surface area contributed by atoms with E-state index < -0.39 is 6.10 Å². The van der Waals surface area contributed by atoms with Crippen molar-refractivity contribution in [3.8, 4) is 5.75 Å². The van der Waals surface area contributed by atoms with Gasteiger partial charge in [-0.2, -0.15) is 5.10 Å². The van der Waals surface area contributed by atoms with Crippen molar-refractivity contribution >= 4 is 0 Å². The maximum absolute atomic E-state index is 10.7. The zero-order chi connectivity index (χ0) is 17.8. The van der Waals surface area contributed by atoms with E-state index in [-0.39, 0.29) is 6.10 Å². The summed E-state index contributed by atoms with van der Waals surface area (Å²) in [5, 5.41) is 15.0. The fourth-order valence-electron chi connectivity index (χ4n) is 3.29. The lowest BCUT2D eigenvalue weighted by atomic mass is 10.0. The van der Waals surface area contributed by atoms with Gasteiger partial charge in [0.15, 0.2) is 0 Å². The van der Waals surface area contributed by atoms with E-state index in [0.717, 1.165) is 42.1 Å². The molecular weight excluding hydrogens is 318 g/mol. The predicted octanol–water partition coefficient (Wildman–Crippen LogP) is 1.94. The monoisotopic (exact) mass is 345 g/mol. The molecule has 0 amide bonds. The number of aryl methyl sites for hydroxylation is 2. The Morgan fingerprint density at radius 1 is 1.36 bits per heavy atom. The lowest BCUT2D eigenvalue weighted by Crippen LogP contribution is -2.45. The molecule has 6 nitrogen and oxygen atoms in total. The highest BCUT2D eigenvalue weighted by Crippen LogP contribution is 2.27. The van der Waals surface area contributed by atoms with Gasteiger partial charge in [-0.15, -0.1) is 0 Å². The number of aliphatic hydroxyl groups excluding tert-OH is 1. The summed E-state index contributed by atoms with van der Waals surface area (Å²) in [5.74, 6) is 0.731. The normalized spacial score (nSPS) is 19.8. The minimum Gasteiger partial charge on any atom is -0.496 e. The molecule has 0 saturated carbocycles. The second-order valence-electron chi connectivity index (χ2n) is 6.75. The van der Waals surface area contributed by atoms with Crippen LogP contribution >= 0.6 is 0 Å². The van der Waals surface area contributed by atoms with Crippen LogP contribution in [0.1, 0.15) is 22.8 Å². The second kappa shape index (κ2) is 7.99. The van der Waals surface area contributed by atoms with Gasteiger partial charge in [0.1, 0.15) is 5.75 Å². The third-order valence-electron chi connectivity index (χ3n) is 4.55. The molecule has 1 fully saturated rings. The predicted molar refractivity (Wildman–Crippen MR) is 95.8 cm³/mol. The Kier molecular flexibility index (Phi) is 5.73. The topological polar surface area (TPSA) is 59.8 Å². The first-order valence-corrected chi connectivity index (χ1v) is 8.71. The van der Waals surface area contributed by atoms with Gasteiger partial charge in [0.05, 0.1) is 38.7 Å². The summed E-state index contributed by atoms with van der Waals surface area (Å²) in [6, 6.07) is 5.90. The minimum atomic E-state index is -0.583. The summed E-state index contributed by atoms with van der Waals surface area (Å²) in [6.07, 6.45) is 3.38. The van der Waals surface area contributed by atoms with Gasteiger partial charge in [0.25, 0.3) is 0 Å². The smallest absolute Gasteiger partial charge is 0.124 e. The van der Waals surface area contributed by atoms with Crippen LogP contribution in [0.25, 0.3) is 0 Å². The number of methoxy groups -OCH3 is 1. The Morgan fingerprint density at radius 2 is 2.20 bits per heavy atom. The third kappa shape index (κ3) is 4.60. The average molecular weight is 345 g/mol. The first-order chi connectivity index (χ1) is 12.0. The van der Waals surface area contributed by atoms with Crippen LogP contribution in [-0.4, -0.2) is 59.2 Å². The molecule has 0 aliphatic carbocycles. The number of aromatic nitrogens is 2. The first-order valence-electron chi connectivity index (χ1n) is 8.71. The number of hydrogen-bond acceptors (Lipinski definition) is 5. The minimum absolute atomic E-state index is 0.0830. The van der Waals surface area contributed by atoms with Gasteiger partial charge in [-0.05, 0) is 31.5 Å². The zero-order valence-corrected chi connectivity index (χ0v) is 15.2. The van der Waals surface area contributed by atoms with E-state index in [9.17, 15) is 5.11 Å². The molecule has 0 unspecified atom stereocenters. The van der Waals surface area contributed by atoms with Crippen molar-refractivity contribution in [2.45, 2.75) is 32.6 Å². The van der Waals surface area contributed by atoms with Crippen molar-refractivity contribution in [3.05, 3.63) is 47.3 Å². The van der Waals surface area contributed by atoms with Gasteiger partial charge in [-0.3, -0.25) is 9.58 Å². The van der Waals surface area contributed by atoms with Crippen LogP contribution in [0.5, 0.6) is 5.75 Å². The molecule has 2 atom stereocenters. The third-order valence-corrected chi connectivity index (χ3v) is 4.55. The van der Waals surface area contributed by atoms with Gasteiger partial charge in [0.2, 0.25) is 0 Å². The van der Waals surface area contributed by atoms with Crippen molar-refractivity contribution in [3.63, 3.8) is 0 Å². The van der Waals surface area contributed by atoms with Crippen LogP contribution in [0.15, 0.2) is 30.6 Å². The molecule has 3 rings (SSSR count). The molecule has 1 aliphatic heterocycles. The van der Waals surface area contributed by atoms with E-state index in [1.165, 1.54) is 0 Å². The number of morpholine rings is 1.